The van der Waals surface area contributed by atoms with Crippen molar-refractivity contribution in [3.8, 4) is 33.4 Å². The molecule has 12 aromatic rings. The van der Waals surface area contributed by atoms with Gasteiger partial charge in [-0.05, 0) is 137 Å². The molecule has 12 aromatic carbocycles. The molecule has 0 heterocycles. The molecule has 0 aliphatic rings. The highest BCUT2D eigenvalue weighted by molar-refractivity contribution is 7.72. The maximum atomic E-state index is 2.51. The topological polar surface area (TPSA) is 0 Å². The fraction of sp³-hybridized carbons (Fsp3) is 0.0303. The van der Waals surface area contributed by atoms with Crippen molar-refractivity contribution in [1.82, 2.24) is 0 Å². The standard InChI is InChI=1S/C66H48P2/c1-5-29-51(30-6-1)67(52-31-7-2-8-32-52)45-63-61(59-41-21-27-47-23-13-17-37-55(47)59)43-49-25-15-19-39-57(49)65(63)66-58-40-20-16-26-50(58)44-62(60-42-22-28-48-24-14-18-38-56(48)60)64(66)46-68(53-33-9-3-10-34-53)54-35-11-4-12-36-54/h1-44H,45-46H2. The summed E-state index contributed by atoms with van der Waals surface area (Å²) >= 11 is 0. The maximum Gasteiger partial charge on any atom is 0.00200 e. The van der Waals surface area contributed by atoms with Crippen LogP contribution in [0.1, 0.15) is 11.1 Å². The molecule has 0 bridgehead atoms. The van der Waals surface area contributed by atoms with Gasteiger partial charge in [-0.2, -0.15) is 0 Å². The lowest BCUT2D eigenvalue weighted by molar-refractivity contribution is 1.38. The first-order valence-corrected chi connectivity index (χ1v) is 26.6. The van der Waals surface area contributed by atoms with E-state index in [0.29, 0.717) is 0 Å². The maximum absolute atomic E-state index is 2.51. The molecule has 0 saturated heterocycles. The van der Waals surface area contributed by atoms with Gasteiger partial charge in [-0.1, -0.05) is 255 Å². The molecule has 0 atom stereocenters. The van der Waals surface area contributed by atoms with Crippen LogP contribution in [0.5, 0.6) is 0 Å². The van der Waals surface area contributed by atoms with Gasteiger partial charge in [0.25, 0.3) is 0 Å². The Balaban J connectivity index is 1.27. The fourth-order valence-electron chi connectivity index (χ4n) is 10.5. The van der Waals surface area contributed by atoms with Gasteiger partial charge >= 0.3 is 0 Å². The summed E-state index contributed by atoms with van der Waals surface area (Å²) in [4.78, 5) is 0. The number of benzene rings is 12. The molecule has 0 aromatic heterocycles. The lowest BCUT2D eigenvalue weighted by atomic mass is 9.81. The summed E-state index contributed by atoms with van der Waals surface area (Å²) in [6.07, 6.45) is 1.72. The van der Waals surface area contributed by atoms with Crippen LogP contribution in [0.15, 0.2) is 267 Å². The lowest BCUT2D eigenvalue weighted by Gasteiger charge is -2.29. The minimum atomic E-state index is -0.852. The summed E-state index contributed by atoms with van der Waals surface area (Å²) in [5, 5.41) is 15.6. The minimum Gasteiger partial charge on any atom is -0.0622 e. The van der Waals surface area contributed by atoms with Crippen LogP contribution in [0.25, 0.3) is 76.5 Å². The number of hydrogen-bond acceptors (Lipinski definition) is 0. The predicted octanol–water partition coefficient (Wildman–Crippen LogP) is 16.6. The van der Waals surface area contributed by atoms with Gasteiger partial charge in [0.15, 0.2) is 0 Å². The molecule has 0 unspecified atom stereocenters. The normalized spacial score (nSPS) is 11.6. The van der Waals surface area contributed by atoms with E-state index in [-0.39, 0.29) is 0 Å². The Hall–Kier alpha value is -7.46. The van der Waals surface area contributed by atoms with E-state index in [1.807, 2.05) is 0 Å². The Morgan fingerprint density at radius 3 is 0.853 bits per heavy atom. The molecule has 0 amide bonds. The van der Waals surface area contributed by atoms with E-state index in [1.54, 1.807) is 0 Å². The van der Waals surface area contributed by atoms with Crippen molar-refractivity contribution in [2.45, 2.75) is 12.3 Å². The third-order valence-electron chi connectivity index (χ3n) is 13.6. The van der Waals surface area contributed by atoms with E-state index in [1.165, 1.54) is 109 Å². The SMILES string of the molecule is c1ccc(P(Cc2c(-c3cccc4ccccc34)cc3ccccc3c2-c2c(CP(c3ccccc3)c3ccccc3)c(-c3cccc4ccccc34)cc3ccccc23)c2ccccc2)cc1. The van der Waals surface area contributed by atoms with Crippen molar-refractivity contribution in [3.63, 3.8) is 0 Å². The molecule has 68 heavy (non-hydrogen) atoms. The van der Waals surface area contributed by atoms with Crippen molar-refractivity contribution in [2.75, 3.05) is 0 Å². The summed E-state index contributed by atoms with van der Waals surface area (Å²) in [5.41, 5.74) is 10.6. The number of rotatable bonds is 11. The Kier molecular flexibility index (Phi) is 11.5. The highest BCUT2D eigenvalue weighted by atomic mass is 31.1. The molecule has 0 spiro atoms. The third kappa shape index (κ3) is 7.91. The Morgan fingerprint density at radius 1 is 0.221 bits per heavy atom. The van der Waals surface area contributed by atoms with Gasteiger partial charge in [0.1, 0.15) is 0 Å². The summed E-state index contributed by atoms with van der Waals surface area (Å²) in [5.74, 6) is 0. The van der Waals surface area contributed by atoms with Crippen molar-refractivity contribution < 1.29 is 0 Å². The largest absolute Gasteiger partial charge is 0.0622 e. The average molecular weight is 903 g/mol. The molecule has 0 radical (unpaired) electrons. The summed E-state index contributed by atoms with van der Waals surface area (Å²) in [6.45, 7) is 0. The first-order chi connectivity index (χ1) is 33.8. The van der Waals surface area contributed by atoms with Gasteiger partial charge in [0, 0.05) is 12.3 Å². The highest BCUT2D eigenvalue weighted by Gasteiger charge is 2.29. The molecular weight excluding hydrogens is 855 g/mol. The molecule has 2 heteroatoms. The van der Waals surface area contributed by atoms with Gasteiger partial charge in [-0.3, -0.25) is 0 Å². The van der Waals surface area contributed by atoms with Crippen molar-refractivity contribution >= 4 is 80.2 Å². The third-order valence-corrected chi connectivity index (χ3v) is 18.6. The first-order valence-electron chi connectivity index (χ1n) is 23.6. The van der Waals surface area contributed by atoms with Gasteiger partial charge in [0.2, 0.25) is 0 Å². The molecule has 0 aliphatic carbocycles. The van der Waals surface area contributed by atoms with Gasteiger partial charge in [0.05, 0.1) is 0 Å². The molecule has 0 nitrogen and oxygen atoms in total. The summed E-state index contributed by atoms with van der Waals surface area (Å²) < 4.78 is 0. The molecule has 0 aliphatic heterocycles. The van der Waals surface area contributed by atoms with Gasteiger partial charge < -0.3 is 0 Å². The highest BCUT2D eigenvalue weighted by Crippen LogP contribution is 2.53. The van der Waals surface area contributed by atoms with E-state index in [2.05, 4.69) is 267 Å². The van der Waals surface area contributed by atoms with Crippen LogP contribution in [-0.2, 0) is 12.3 Å². The van der Waals surface area contributed by atoms with Crippen molar-refractivity contribution in [3.05, 3.63) is 278 Å². The molecule has 322 valence electrons. The van der Waals surface area contributed by atoms with E-state index in [0.717, 1.165) is 12.3 Å². The van der Waals surface area contributed by atoms with Crippen LogP contribution < -0.4 is 21.2 Å². The smallest absolute Gasteiger partial charge is 0.00200 e. The zero-order valence-electron chi connectivity index (χ0n) is 37.7. The molecule has 0 N–H and O–H groups in total. The zero-order chi connectivity index (χ0) is 45.2. The Morgan fingerprint density at radius 2 is 0.500 bits per heavy atom. The minimum absolute atomic E-state index is 0.852. The van der Waals surface area contributed by atoms with Crippen LogP contribution in [0, 0.1) is 0 Å². The van der Waals surface area contributed by atoms with Crippen LogP contribution in [-0.4, -0.2) is 0 Å². The fourth-order valence-corrected chi connectivity index (χ4v) is 15.2. The first kappa shape index (κ1) is 41.9. The van der Waals surface area contributed by atoms with Crippen LogP contribution in [0.4, 0.5) is 0 Å². The van der Waals surface area contributed by atoms with Crippen molar-refractivity contribution in [1.29, 1.82) is 0 Å². The molecular formula is C66H48P2. The number of hydrogen-bond donors (Lipinski definition) is 0. The van der Waals surface area contributed by atoms with E-state index < -0.39 is 15.8 Å². The Bertz CT molecular complexity index is 3390. The van der Waals surface area contributed by atoms with Crippen molar-refractivity contribution in [2.24, 2.45) is 0 Å². The second kappa shape index (κ2) is 18.7. The monoisotopic (exact) mass is 902 g/mol. The second-order valence-corrected chi connectivity index (χ2v) is 22.0. The van der Waals surface area contributed by atoms with E-state index in [9.17, 15) is 0 Å². The molecule has 12 rings (SSSR count). The summed E-state index contributed by atoms with van der Waals surface area (Å²) in [7, 11) is -1.70. The van der Waals surface area contributed by atoms with Crippen LogP contribution in [0.3, 0.4) is 0 Å². The van der Waals surface area contributed by atoms with Gasteiger partial charge in [-0.25, -0.2) is 0 Å². The average Bonchev–Trinajstić information content (AvgIpc) is 3.42. The van der Waals surface area contributed by atoms with E-state index >= 15 is 0 Å². The zero-order valence-corrected chi connectivity index (χ0v) is 39.5. The van der Waals surface area contributed by atoms with E-state index in [4.69, 9.17) is 0 Å². The van der Waals surface area contributed by atoms with Gasteiger partial charge in [-0.15, -0.1) is 0 Å². The quantitative estimate of drug-likeness (QED) is 0.113. The van der Waals surface area contributed by atoms with Crippen LogP contribution in [0.2, 0.25) is 0 Å². The molecule has 0 saturated carbocycles. The Labute approximate surface area is 401 Å². The summed E-state index contributed by atoms with van der Waals surface area (Å²) in [6, 6.07) is 100. The second-order valence-electron chi connectivity index (χ2n) is 17.6. The lowest BCUT2D eigenvalue weighted by Crippen LogP contribution is -2.15. The molecule has 0 fully saturated rings. The predicted molar refractivity (Wildman–Crippen MR) is 298 cm³/mol. The van der Waals surface area contributed by atoms with Crippen LogP contribution >= 0.6 is 15.8 Å². The number of fused-ring (bicyclic) bond motifs is 4.